The van der Waals surface area contributed by atoms with Gasteiger partial charge in [-0.2, -0.15) is 0 Å². The maximum Gasteiger partial charge on any atom is 0.410 e. The number of hydrogen-bond donors (Lipinski definition) is 0. The van der Waals surface area contributed by atoms with Crippen molar-refractivity contribution in [3.05, 3.63) is 60.7 Å². The lowest BCUT2D eigenvalue weighted by molar-refractivity contribution is -0.129. The maximum absolute atomic E-state index is 12.3. The molecule has 0 N–H and O–H groups in total. The lowest BCUT2D eigenvalue weighted by Crippen LogP contribution is -2.63. The molecule has 0 aliphatic carbocycles. The average molecular weight is 684 g/mol. The second-order valence-corrected chi connectivity index (χ2v) is 19.7. The summed E-state index contributed by atoms with van der Waals surface area (Å²) in [6.07, 6.45) is 8.80. The number of unbranched alkanes of at least 4 members (excludes halogenated alkanes) is 7. The van der Waals surface area contributed by atoms with E-state index in [1.54, 1.807) is 11.8 Å². The van der Waals surface area contributed by atoms with E-state index in [1.807, 2.05) is 25.7 Å². The van der Waals surface area contributed by atoms with Crippen molar-refractivity contribution in [1.29, 1.82) is 0 Å². The summed E-state index contributed by atoms with van der Waals surface area (Å²) in [7, 11) is -2.39. The molecule has 1 heterocycles. The fourth-order valence-corrected chi connectivity index (χ4v) is 10.9. The first-order valence-corrected chi connectivity index (χ1v) is 20.4. The van der Waals surface area contributed by atoms with E-state index in [4.69, 9.17) is 4.74 Å². The SMILES string of the molecule is CC(=O)N(CCCCCCCCCC#CC#C[Si](c1ccccc1)(c1ccccc1)C(C)(C)C)CCN1CCN(C(=O)OC(C)(C)C)CC1. The summed E-state index contributed by atoms with van der Waals surface area (Å²) >= 11 is 0. The van der Waals surface area contributed by atoms with Gasteiger partial charge in [0.05, 0.1) is 0 Å². The second-order valence-electron chi connectivity index (χ2n) is 15.3. The fourth-order valence-electron chi connectivity index (χ4n) is 6.54. The average Bonchev–Trinajstić information content (AvgIpc) is 3.06. The predicted octanol–water partition coefficient (Wildman–Crippen LogP) is 7.12. The Balaban J connectivity index is 1.33. The molecule has 1 fully saturated rings. The molecule has 7 heteroatoms. The van der Waals surface area contributed by atoms with E-state index in [2.05, 4.69) is 110 Å². The first-order chi connectivity index (χ1) is 23.3. The minimum Gasteiger partial charge on any atom is -0.444 e. The van der Waals surface area contributed by atoms with Crippen LogP contribution in [0.15, 0.2) is 60.7 Å². The Morgan fingerprint density at radius 1 is 0.735 bits per heavy atom. The largest absolute Gasteiger partial charge is 0.444 e. The van der Waals surface area contributed by atoms with Crippen LogP contribution in [-0.4, -0.2) is 86.2 Å². The van der Waals surface area contributed by atoms with Crippen LogP contribution in [0, 0.1) is 23.3 Å². The monoisotopic (exact) mass is 683 g/mol. The van der Waals surface area contributed by atoms with Gasteiger partial charge >= 0.3 is 6.09 Å². The maximum atomic E-state index is 12.3. The summed E-state index contributed by atoms with van der Waals surface area (Å²) in [6, 6.07) is 21.6. The summed E-state index contributed by atoms with van der Waals surface area (Å²) in [4.78, 5) is 30.7. The first-order valence-electron chi connectivity index (χ1n) is 18.4. The molecule has 0 aromatic heterocycles. The minimum atomic E-state index is -2.39. The van der Waals surface area contributed by atoms with Crippen molar-refractivity contribution in [2.45, 2.75) is 110 Å². The van der Waals surface area contributed by atoms with Crippen molar-refractivity contribution in [2.24, 2.45) is 0 Å². The Bertz CT molecular complexity index is 1380. The van der Waals surface area contributed by atoms with Gasteiger partial charge < -0.3 is 14.5 Å². The number of carbonyl (C=O) groups is 2. The Morgan fingerprint density at radius 3 is 1.78 bits per heavy atom. The Morgan fingerprint density at radius 2 is 1.27 bits per heavy atom. The van der Waals surface area contributed by atoms with Crippen molar-refractivity contribution >= 4 is 30.4 Å². The molecule has 0 radical (unpaired) electrons. The zero-order valence-electron chi connectivity index (χ0n) is 31.4. The van der Waals surface area contributed by atoms with Crippen LogP contribution in [0.25, 0.3) is 0 Å². The standard InChI is InChI=1S/C42H61N3O3Si/c1-37(46)44(33-30-43-31-34-45(35-32-43)40(47)48-41(2,3)4)29-23-15-13-11-9-8-10-12-14-16-24-36-49(42(5,6)7,38-25-19-17-20-26-38)39-27-21-18-22-28-39/h17-22,25-28H,8-13,15,23,29-35H2,1-7H3. The molecule has 266 valence electrons. The van der Waals surface area contributed by atoms with E-state index in [0.29, 0.717) is 13.1 Å². The third-order valence-corrected chi connectivity index (χ3v) is 14.5. The summed E-state index contributed by atoms with van der Waals surface area (Å²) in [5.74, 6) is 9.99. The van der Waals surface area contributed by atoms with Crippen molar-refractivity contribution < 1.29 is 14.3 Å². The van der Waals surface area contributed by atoms with E-state index < -0.39 is 13.7 Å². The lowest BCUT2D eigenvalue weighted by atomic mass is 10.1. The van der Waals surface area contributed by atoms with Crippen LogP contribution in [-0.2, 0) is 9.53 Å². The first kappa shape index (κ1) is 39.9. The molecule has 1 aliphatic rings. The van der Waals surface area contributed by atoms with Crippen molar-refractivity contribution in [3.8, 4) is 23.3 Å². The van der Waals surface area contributed by atoms with Crippen LogP contribution < -0.4 is 10.4 Å². The van der Waals surface area contributed by atoms with E-state index in [-0.39, 0.29) is 17.0 Å². The number of amides is 2. The molecule has 0 unspecified atom stereocenters. The smallest absolute Gasteiger partial charge is 0.410 e. The third kappa shape index (κ3) is 13.0. The molecule has 0 saturated carbocycles. The van der Waals surface area contributed by atoms with Gasteiger partial charge in [-0.05, 0) is 60.9 Å². The van der Waals surface area contributed by atoms with Gasteiger partial charge in [-0.1, -0.05) is 119 Å². The number of piperazine rings is 1. The van der Waals surface area contributed by atoms with Gasteiger partial charge in [-0.25, -0.2) is 4.79 Å². The molecule has 49 heavy (non-hydrogen) atoms. The molecule has 2 aromatic rings. The zero-order chi connectivity index (χ0) is 35.8. The molecule has 0 bridgehead atoms. The molecule has 3 rings (SSSR count). The van der Waals surface area contributed by atoms with Gasteiger partial charge in [-0.3, -0.25) is 9.69 Å². The number of benzene rings is 2. The van der Waals surface area contributed by atoms with Crippen LogP contribution >= 0.6 is 0 Å². The fraction of sp³-hybridized carbons (Fsp3) is 0.571. The molecule has 0 spiro atoms. The second kappa shape index (κ2) is 19.6. The van der Waals surface area contributed by atoms with Gasteiger partial charge in [-0.15, -0.1) is 5.54 Å². The summed E-state index contributed by atoms with van der Waals surface area (Å²) in [6.45, 7) is 19.7. The van der Waals surface area contributed by atoms with Gasteiger partial charge in [0, 0.05) is 59.2 Å². The lowest BCUT2D eigenvalue weighted by Gasteiger charge is -2.39. The molecule has 6 nitrogen and oxygen atoms in total. The number of ether oxygens (including phenoxy) is 1. The van der Waals surface area contributed by atoms with Crippen LogP contribution in [0.3, 0.4) is 0 Å². The van der Waals surface area contributed by atoms with Gasteiger partial charge in [0.15, 0.2) is 0 Å². The quantitative estimate of drug-likeness (QED) is 0.121. The highest BCUT2D eigenvalue weighted by molar-refractivity contribution is 7.10. The van der Waals surface area contributed by atoms with Crippen LogP contribution in [0.4, 0.5) is 4.79 Å². The Hall–Kier alpha value is -3.52. The van der Waals surface area contributed by atoms with E-state index >= 15 is 0 Å². The highest BCUT2D eigenvalue weighted by Gasteiger charge is 2.47. The van der Waals surface area contributed by atoms with E-state index in [1.165, 1.54) is 36.1 Å². The summed E-state index contributed by atoms with van der Waals surface area (Å²) in [5, 5.41) is 2.68. The van der Waals surface area contributed by atoms with Crippen LogP contribution in [0.5, 0.6) is 0 Å². The number of rotatable bonds is 14. The van der Waals surface area contributed by atoms with Crippen LogP contribution in [0.2, 0.25) is 5.04 Å². The Kier molecular flexibility index (Phi) is 16.0. The normalized spacial score (nSPS) is 13.9. The highest BCUT2D eigenvalue weighted by atomic mass is 28.3. The highest BCUT2D eigenvalue weighted by Crippen LogP contribution is 2.35. The number of hydrogen-bond acceptors (Lipinski definition) is 4. The topological polar surface area (TPSA) is 53.1 Å². The van der Waals surface area contributed by atoms with Crippen molar-refractivity contribution in [3.63, 3.8) is 0 Å². The molecule has 2 aromatic carbocycles. The predicted molar refractivity (Wildman–Crippen MR) is 207 cm³/mol. The molecule has 0 atom stereocenters. The Labute approximate surface area is 299 Å². The van der Waals surface area contributed by atoms with Gasteiger partial charge in [0.1, 0.15) is 5.60 Å². The molecule has 1 aliphatic heterocycles. The van der Waals surface area contributed by atoms with Crippen molar-refractivity contribution in [1.82, 2.24) is 14.7 Å². The molecule has 2 amide bonds. The van der Waals surface area contributed by atoms with Crippen LogP contribution in [0.1, 0.15) is 99.8 Å². The van der Waals surface area contributed by atoms with Crippen molar-refractivity contribution in [2.75, 3.05) is 45.8 Å². The molecular formula is C42H61N3O3Si. The summed E-state index contributed by atoms with van der Waals surface area (Å²) < 4.78 is 5.50. The number of nitrogens with zero attached hydrogens (tertiary/aromatic N) is 3. The zero-order valence-corrected chi connectivity index (χ0v) is 32.4. The molecule has 1 saturated heterocycles. The van der Waals surface area contributed by atoms with Gasteiger partial charge in [0.25, 0.3) is 0 Å². The minimum absolute atomic E-state index is 0.0105. The van der Waals surface area contributed by atoms with E-state index in [9.17, 15) is 9.59 Å². The summed E-state index contributed by atoms with van der Waals surface area (Å²) in [5.41, 5.74) is 3.28. The molecular weight excluding hydrogens is 623 g/mol. The third-order valence-electron chi connectivity index (χ3n) is 9.32. The van der Waals surface area contributed by atoms with Gasteiger partial charge in [0.2, 0.25) is 14.0 Å². The number of carbonyl (C=O) groups excluding carboxylic acids is 2. The van der Waals surface area contributed by atoms with E-state index in [0.717, 1.165) is 58.4 Å².